The van der Waals surface area contributed by atoms with Gasteiger partial charge in [-0.15, -0.1) is 0 Å². The predicted molar refractivity (Wildman–Crippen MR) is 87.3 cm³/mol. The zero-order valence-electron chi connectivity index (χ0n) is 13.8. The van der Waals surface area contributed by atoms with Crippen LogP contribution < -0.4 is 5.32 Å². The number of piperazine rings is 1. The molecule has 4 heterocycles. The first-order valence-corrected chi connectivity index (χ1v) is 8.03. The third-order valence-electron chi connectivity index (χ3n) is 4.63. The number of allylic oxidation sites excluding steroid dienone is 1. The van der Waals surface area contributed by atoms with Crippen LogP contribution in [0.15, 0.2) is 40.4 Å². The number of hydrogen-bond acceptors (Lipinski definition) is 6. The van der Waals surface area contributed by atoms with Crippen LogP contribution in [0.25, 0.3) is 0 Å². The predicted octanol–water partition coefficient (Wildman–Crippen LogP) is 0.934. The molecule has 1 amide bonds. The van der Waals surface area contributed by atoms with Gasteiger partial charge in [-0.05, 0) is 26.1 Å². The number of hydrogen-bond donors (Lipinski definition) is 1. The number of likely N-dealkylation sites (N-methyl/N-ethyl adjacent to an activating group) is 1. The Kier molecular flexibility index (Phi) is 3.61. The van der Waals surface area contributed by atoms with E-state index in [1.165, 1.54) is 6.33 Å². The van der Waals surface area contributed by atoms with Gasteiger partial charge in [0.15, 0.2) is 0 Å². The van der Waals surface area contributed by atoms with Crippen molar-refractivity contribution in [3.05, 3.63) is 41.8 Å². The largest absolute Gasteiger partial charge is 0.467 e. The second-order valence-corrected chi connectivity index (χ2v) is 6.21. The van der Waals surface area contributed by atoms with Crippen LogP contribution in [-0.4, -0.2) is 63.7 Å². The molecule has 0 aromatic carbocycles. The summed E-state index contributed by atoms with van der Waals surface area (Å²) in [6.07, 6.45) is 3.09. The summed E-state index contributed by atoms with van der Waals surface area (Å²) in [5.41, 5.74) is 1.45. The Balaban J connectivity index is 1.73. The number of rotatable bonds is 2. The third kappa shape index (κ3) is 2.39. The molecule has 1 N–H and O–H groups in total. The van der Waals surface area contributed by atoms with Crippen molar-refractivity contribution in [2.45, 2.75) is 13.0 Å². The molecule has 8 nitrogen and oxygen atoms in total. The maximum Gasteiger partial charge on any atom is 0.254 e. The molecule has 4 rings (SSSR count). The Morgan fingerprint density at radius 1 is 1.33 bits per heavy atom. The number of carbonyl (C=O) groups excluding carboxylic acids is 1. The number of furan rings is 1. The van der Waals surface area contributed by atoms with E-state index in [9.17, 15) is 4.79 Å². The second-order valence-electron chi connectivity index (χ2n) is 6.21. The number of aromatic nitrogens is 3. The monoisotopic (exact) mass is 328 g/mol. The standard InChI is InChI=1S/C16H20N6O2/c1-11-13(15(23)21-7-5-20(2)6-8-21)14(12-4-3-9-24-12)22-16(19-11)17-10-18-22/h3-4,9-10,14H,5-8H2,1-2H3,(H,17,18,19). The molecule has 0 saturated carbocycles. The van der Waals surface area contributed by atoms with E-state index < -0.39 is 6.04 Å². The van der Waals surface area contributed by atoms with Crippen molar-refractivity contribution < 1.29 is 9.21 Å². The fourth-order valence-corrected chi connectivity index (χ4v) is 3.26. The van der Waals surface area contributed by atoms with Gasteiger partial charge in [-0.3, -0.25) is 4.79 Å². The highest BCUT2D eigenvalue weighted by molar-refractivity contribution is 5.96. The number of carbonyl (C=O) groups is 1. The third-order valence-corrected chi connectivity index (χ3v) is 4.63. The Bertz CT molecular complexity index is 770. The first-order valence-electron chi connectivity index (χ1n) is 8.03. The lowest BCUT2D eigenvalue weighted by atomic mass is 9.99. The molecule has 1 atom stereocenters. The first kappa shape index (κ1) is 14.9. The lowest BCUT2D eigenvalue weighted by Gasteiger charge is -2.35. The quantitative estimate of drug-likeness (QED) is 0.884. The lowest BCUT2D eigenvalue weighted by molar-refractivity contribution is -0.129. The molecule has 0 bridgehead atoms. The van der Waals surface area contributed by atoms with Gasteiger partial charge < -0.3 is 19.5 Å². The average molecular weight is 328 g/mol. The van der Waals surface area contributed by atoms with Gasteiger partial charge in [-0.1, -0.05) is 0 Å². The zero-order chi connectivity index (χ0) is 16.7. The van der Waals surface area contributed by atoms with Gasteiger partial charge in [0, 0.05) is 31.9 Å². The van der Waals surface area contributed by atoms with E-state index in [1.807, 2.05) is 24.0 Å². The van der Waals surface area contributed by atoms with E-state index in [2.05, 4.69) is 27.3 Å². The van der Waals surface area contributed by atoms with Crippen molar-refractivity contribution in [3.63, 3.8) is 0 Å². The lowest BCUT2D eigenvalue weighted by Crippen LogP contribution is -2.49. The fourth-order valence-electron chi connectivity index (χ4n) is 3.26. The van der Waals surface area contributed by atoms with Crippen LogP contribution in [0.5, 0.6) is 0 Å². The highest BCUT2D eigenvalue weighted by Crippen LogP contribution is 2.35. The molecule has 0 spiro atoms. The fraction of sp³-hybridized carbons (Fsp3) is 0.438. The number of nitrogens with one attached hydrogen (secondary N) is 1. The molecule has 1 fully saturated rings. The van der Waals surface area contributed by atoms with Crippen molar-refractivity contribution >= 4 is 11.9 Å². The number of fused-ring (bicyclic) bond motifs is 1. The number of anilines is 1. The van der Waals surface area contributed by atoms with Crippen molar-refractivity contribution in [3.8, 4) is 0 Å². The summed E-state index contributed by atoms with van der Waals surface area (Å²) in [6.45, 7) is 5.11. The maximum absolute atomic E-state index is 13.2. The molecular formula is C16H20N6O2. The average Bonchev–Trinajstić information content (AvgIpc) is 3.25. The zero-order valence-corrected chi connectivity index (χ0v) is 13.8. The summed E-state index contributed by atoms with van der Waals surface area (Å²) in [4.78, 5) is 21.6. The Morgan fingerprint density at radius 2 is 2.12 bits per heavy atom. The van der Waals surface area contributed by atoms with Crippen LogP contribution in [0.4, 0.5) is 5.95 Å². The van der Waals surface area contributed by atoms with Crippen LogP contribution >= 0.6 is 0 Å². The Hall–Kier alpha value is -2.61. The molecule has 24 heavy (non-hydrogen) atoms. The van der Waals surface area contributed by atoms with E-state index in [4.69, 9.17) is 4.42 Å². The summed E-state index contributed by atoms with van der Waals surface area (Å²) in [5.74, 6) is 1.32. The van der Waals surface area contributed by atoms with Gasteiger partial charge in [0.25, 0.3) is 5.91 Å². The molecule has 2 aromatic heterocycles. The topological polar surface area (TPSA) is 79.4 Å². The second kappa shape index (κ2) is 5.79. The van der Waals surface area contributed by atoms with Crippen molar-refractivity contribution in [2.75, 3.05) is 38.5 Å². The summed E-state index contributed by atoms with van der Waals surface area (Å²) >= 11 is 0. The molecule has 2 aromatic rings. The van der Waals surface area contributed by atoms with Gasteiger partial charge in [-0.2, -0.15) is 10.1 Å². The molecule has 2 aliphatic heterocycles. The highest BCUT2D eigenvalue weighted by atomic mass is 16.3. The molecule has 1 saturated heterocycles. The summed E-state index contributed by atoms with van der Waals surface area (Å²) in [7, 11) is 2.07. The Labute approximate surface area is 139 Å². The van der Waals surface area contributed by atoms with Gasteiger partial charge in [-0.25, -0.2) is 4.68 Å². The van der Waals surface area contributed by atoms with Crippen LogP contribution in [0.3, 0.4) is 0 Å². The molecule has 1 unspecified atom stereocenters. The molecule has 0 radical (unpaired) electrons. The number of amides is 1. The molecule has 2 aliphatic rings. The van der Waals surface area contributed by atoms with E-state index in [-0.39, 0.29) is 5.91 Å². The van der Waals surface area contributed by atoms with Gasteiger partial charge in [0.1, 0.15) is 18.1 Å². The molecule has 8 heteroatoms. The summed E-state index contributed by atoms with van der Waals surface area (Å²) in [5, 5.41) is 7.47. The molecular weight excluding hydrogens is 308 g/mol. The van der Waals surface area contributed by atoms with Crippen LogP contribution in [0.1, 0.15) is 18.7 Å². The highest BCUT2D eigenvalue weighted by Gasteiger charge is 2.37. The van der Waals surface area contributed by atoms with Crippen molar-refractivity contribution in [1.29, 1.82) is 0 Å². The summed E-state index contributed by atoms with van der Waals surface area (Å²) < 4.78 is 7.31. The maximum atomic E-state index is 13.2. The van der Waals surface area contributed by atoms with Gasteiger partial charge in [0.05, 0.1) is 11.8 Å². The SMILES string of the molecule is CC1=C(C(=O)N2CCN(C)CC2)C(c2ccco2)n2ncnc2N1. The molecule has 126 valence electrons. The minimum absolute atomic E-state index is 0.0238. The van der Waals surface area contributed by atoms with E-state index in [0.717, 1.165) is 31.9 Å². The van der Waals surface area contributed by atoms with Crippen LogP contribution in [0, 0.1) is 0 Å². The minimum atomic E-state index is -0.397. The number of nitrogens with zero attached hydrogens (tertiary/aromatic N) is 5. The van der Waals surface area contributed by atoms with Crippen LogP contribution in [-0.2, 0) is 4.79 Å². The smallest absolute Gasteiger partial charge is 0.254 e. The summed E-state index contributed by atoms with van der Waals surface area (Å²) in [6, 6.07) is 3.29. The van der Waals surface area contributed by atoms with Crippen molar-refractivity contribution in [2.24, 2.45) is 0 Å². The first-order chi connectivity index (χ1) is 11.6. The normalized spacial score (nSPS) is 21.6. The van der Waals surface area contributed by atoms with E-state index >= 15 is 0 Å². The molecule has 0 aliphatic carbocycles. The van der Waals surface area contributed by atoms with Gasteiger partial charge in [0.2, 0.25) is 5.95 Å². The minimum Gasteiger partial charge on any atom is -0.467 e. The van der Waals surface area contributed by atoms with Crippen LogP contribution in [0.2, 0.25) is 0 Å². The van der Waals surface area contributed by atoms with Crippen molar-refractivity contribution in [1.82, 2.24) is 24.6 Å². The Morgan fingerprint density at radius 3 is 2.83 bits per heavy atom. The van der Waals surface area contributed by atoms with E-state index in [1.54, 1.807) is 10.9 Å². The van der Waals surface area contributed by atoms with Gasteiger partial charge >= 0.3 is 0 Å². The van der Waals surface area contributed by atoms with E-state index in [0.29, 0.717) is 17.3 Å².